The van der Waals surface area contributed by atoms with Gasteiger partial charge in [-0.2, -0.15) is 0 Å². The summed E-state index contributed by atoms with van der Waals surface area (Å²) in [6, 6.07) is 0. The summed E-state index contributed by atoms with van der Waals surface area (Å²) in [5.74, 6) is -0.504. The smallest absolute Gasteiger partial charge is 0.192 e. The zero-order valence-corrected chi connectivity index (χ0v) is 20.1. The predicted octanol–water partition coefficient (Wildman–Crippen LogP) is 5.59. The average Bonchev–Trinajstić information content (AvgIpc) is 3.07. The Morgan fingerprint density at radius 3 is 2.37 bits per heavy atom. The second-order valence-electron chi connectivity index (χ2n) is 10.3. The van der Waals surface area contributed by atoms with Crippen LogP contribution >= 0.6 is 0 Å². The molecule has 4 nitrogen and oxygen atoms in total. The highest BCUT2D eigenvalue weighted by Crippen LogP contribution is 2.42. The number of ether oxygens (including phenoxy) is 3. The van der Waals surface area contributed by atoms with Crippen LogP contribution in [0.4, 0.5) is 0 Å². The molecule has 5 heteroatoms. The van der Waals surface area contributed by atoms with E-state index in [0.29, 0.717) is 6.61 Å². The van der Waals surface area contributed by atoms with Crippen molar-refractivity contribution in [2.24, 2.45) is 0 Å². The molecule has 0 bridgehead atoms. The molecule has 0 unspecified atom stereocenters. The third-order valence-corrected chi connectivity index (χ3v) is 11.0. The molecule has 0 aromatic heterocycles. The highest BCUT2D eigenvalue weighted by molar-refractivity contribution is 6.74. The molecule has 2 fully saturated rings. The Kier molecular flexibility index (Phi) is 6.58. The quantitative estimate of drug-likeness (QED) is 0.448. The lowest BCUT2D eigenvalue weighted by molar-refractivity contribution is -0.133. The molecule has 156 valence electrons. The van der Waals surface area contributed by atoms with E-state index in [2.05, 4.69) is 60.4 Å². The number of hydrogen-bond acceptors (Lipinski definition) is 4. The molecule has 27 heavy (non-hydrogen) atoms. The van der Waals surface area contributed by atoms with E-state index in [4.69, 9.17) is 18.6 Å². The second-order valence-corrected chi connectivity index (χ2v) is 15.1. The van der Waals surface area contributed by atoms with Gasteiger partial charge in [-0.3, -0.25) is 0 Å². The first-order valence-electron chi connectivity index (χ1n) is 10.3. The van der Waals surface area contributed by atoms with Crippen molar-refractivity contribution in [1.29, 1.82) is 0 Å². The van der Waals surface area contributed by atoms with Crippen molar-refractivity contribution in [3.05, 3.63) is 17.4 Å². The van der Waals surface area contributed by atoms with Crippen LogP contribution in [-0.2, 0) is 18.6 Å². The molecule has 0 spiro atoms. The van der Waals surface area contributed by atoms with Crippen LogP contribution in [0, 0.1) is 0 Å². The highest BCUT2D eigenvalue weighted by Gasteiger charge is 2.46. The molecule has 0 aliphatic carbocycles. The fourth-order valence-corrected chi connectivity index (χ4v) is 4.81. The lowest BCUT2D eigenvalue weighted by atomic mass is 9.96. The van der Waals surface area contributed by atoms with Crippen molar-refractivity contribution in [3.8, 4) is 0 Å². The molecule has 2 heterocycles. The van der Waals surface area contributed by atoms with Gasteiger partial charge >= 0.3 is 0 Å². The molecule has 0 aromatic carbocycles. The van der Waals surface area contributed by atoms with Crippen LogP contribution in [0.3, 0.4) is 0 Å². The van der Waals surface area contributed by atoms with Crippen molar-refractivity contribution < 1.29 is 18.6 Å². The molecule has 0 radical (unpaired) electrons. The van der Waals surface area contributed by atoms with Gasteiger partial charge in [-0.05, 0) is 77.2 Å². The van der Waals surface area contributed by atoms with Gasteiger partial charge in [0.2, 0.25) is 0 Å². The van der Waals surface area contributed by atoms with Gasteiger partial charge in [0, 0.05) is 0 Å². The minimum Gasteiger partial charge on any atom is -0.411 e. The summed E-state index contributed by atoms with van der Waals surface area (Å²) >= 11 is 0. The standard InChI is InChI=1S/C22H40O4Si/c1-16(11-12-18-15-23-21(6,7)24-18)19-13-14-22(8,25-19)17(2)26-27(9,10)20(3,4)5/h12,17-19H,13-15H2,1-10H3/t11?,17-,18+,19-,22+/m1/s1. The zero-order chi connectivity index (χ0) is 20.7. The van der Waals surface area contributed by atoms with Crippen LogP contribution in [0.25, 0.3) is 0 Å². The molecular weight excluding hydrogens is 356 g/mol. The first-order chi connectivity index (χ1) is 12.2. The van der Waals surface area contributed by atoms with E-state index < -0.39 is 14.1 Å². The van der Waals surface area contributed by atoms with Crippen molar-refractivity contribution in [2.75, 3.05) is 6.61 Å². The van der Waals surface area contributed by atoms with Crippen molar-refractivity contribution in [1.82, 2.24) is 0 Å². The van der Waals surface area contributed by atoms with Crippen molar-refractivity contribution in [2.45, 2.75) is 116 Å². The predicted molar refractivity (Wildman–Crippen MR) is 112 cm³/mol. The SMILES string of the molecule is CC(=C=C[C@H]1COC(C)(C)O1)[C@H]1CC[C@@](C)([C@@H](C)O[Si](C)(C)C(C)(C)C)O1. The summed E-state index contributed by atoms with van der Waals surface area (Å²) in [6.07, 6.45) is 4.10. The second kappa shape index (κ2) is 7.77. The van der Waals surface area contributed by atoms with Gasteiger partial charge in [-0.25, -0.2) is 0 Å². The van der Waals surface area contributed by atoms with Crippen molar-refractivity contribution in [3.63, 3.8) is 0 Å². The molecule has 2 aliphatic rings. The van der Waals surface area contributed by atoms with Gasteiger partial charge in [0.1, 0.15) is 6.10 Å². The minimum absolute atomic E-state index is 0.0384. The third-order valence-electron chi connectivity index (χ3n) is 6.46. The molecule has 2 aliphatic heterocycles. The number of hydrogen-bond donors (Lipinski definition) is 0. The largest absolute Gasteiger partial charge is 0.411 e. The summed E-state index contributed by atoms with van der Waals surface area (Å²) in [7, 11) is -1.82. The monoisotopic (exact) mass is 396 g/mol. The summed E-state index contributed by atoms with van der Waals surface area (Å²) in [4.78, 5) is 0. The van der Waals surface area contributed by atoms with Crippen LogP contribution in [-0.4, -0.2) is 44.6 Å². The fourth-order valence-electron chi connectivity index (χ4n) is 3.32. The molecule has 0 aromatic rings. The summed E-state index contributed by atoms with van der Waals surface area (Å²) < 4.78 is 24.5. The van der Waals surface area contributed by atoms with Gasteiger partial charge in [-0.15, -0.1) is 5.73 Å². The molecule has 4 atom stereocenters. The van der Waals surface area contributed by atoms with E-state index in [1.165, 1.54) is 0 Å². The van der Waals surface area contributed by atoms with Gasteiger partial charge in [0.05, 0.1) is 24.4 Å². The Hall–Kier alpha value is -0.423. The first kappa shape index (κ1) is 22.9. The molecule has 0 amide bonds. The lowest BCUT2D eigenvalue weighted by Crippen LogP contribution is -2.50. The topological polar surface area (TPSA) is 36.9 Å². The van der Waals surface area contributed by atoms with E-state index in [-0.39, 0.29) is 29.0 Å². The Bertz CT molecular complexity index is 598. The van der Waals surface area contributed by atoms with Crippen LogP contribution in [0.1, 0.15) is 68.2 Å². The van der Waals surface area contributed by atoms with Crippen LogP contribution < -0.4 is 0 Å². The molecule has 2 rings (SSSR count). The maximum absolute atomic E-state index is 6.62. The van der Waals surface area contributed by atoms with Gasteiger partial charge in [0.25, 0.3) is 0 Å². The first-order valence-corrected chi connectivity index (χ1v) is 13.2. The maximum atomic E-state index is 6.62. The van der Waals surface area contributed by atoms with Crippen molar-refractivity contribution >= 4 is 8.32 Å². The van der Waals surface area contributed by atoms with Crippen LogP contribution in [0.2, 0.25) is 18.1 Å². The minimum atomic E-state index is -1.82. The Balaban J connectivity index is 2.01. The van der Waals surface area contributed by atoms with E-state index in [0.717, 1.165) is 18.4 Å². The lowest BCUT2D eigenvalue weighted by Gasteiger charge is -2.42. The van der Waals surface area contributed by atoms with Crippen LogP contribution in [0.15, 0.2) is 17.4 Å². The number of rotatable bonds is 5. The Labute approximate surface area is 167 Å². The maximum Gasteiger partial charge on any atom is 0.192 e. The molecule has 2 saturated heterocycles. The summed E-state index contributed by atoms with van der Waals surface area (Å²) in [5, 5.41) is 0.200. The average molecular weight is 397 g/mol. The van der Waals surface area contributed by atoms with E-state index >= 15 is 0 Å². The normalized spacial score (nSPS) is 32.2. The Morgan fingerprint density at radius 2 is 1.85 bits per heavy atom. The van der Waals surface area contributed by atoms with Gasteiger partial charge < -0.3 is 18.6 Å². The summed E-state index contributed by atoms with van der Waals surface area (Å²) in [5.41, 5.74) is 4.25. The molecule has 0 saturated carbocycles. The zero-order valence-electron chi connectivity index (χ0n) is 19.1. The van der Waals surface area contributed by atoms with E-state index in [1.807, 2.05) is 19.9 Å². The fraction of sp³-hybridized carbons (Fsp3) is 0.864. The molecule has 0 N–H and O–H groups in total. The highest BCUT2D eigenvalue weighted by atomic mass is 28.4. The van der Waals surface area contributed by atoms with Crippen LogP contribution in [0.5, 0.6) is 0 Å². The Morgan fingerprint density at radius 1 is 1.22 bits per heavy atom. The van der Waals surface area contributed by atoms with Gasteiger partial charge in [-0.1, -0.05) is 20.8 Å². The van der Waals surface area contributed by atoms with Gasteiger partial charge in [0.15, 0.2) is 14.1 Å². The molecular formula is C22H40O4Si. The van der Waals surface area contributed by atoms with E-state index in [1.54, 1.807) is 0 Å². The summed E-state index contributed by atoms with van der Waals surface area (Å²) in [6.45, 7) is 22.3. The van der Waals surface area contributed by atoms with E-state index in [9.17, 15) is 0 Å². The third kappa shape index (κ3) is 5.56.